The fourth-order valence-corrected chi connectivity index (χ4v) is 3.47. The second-order valence-electron chi connectivity index (χ2n) is 7.01. The minimum Gasteiger partial charge on any atom is -0.307 e. The average molecular weight is 273 g/mol. The third-order valence-corrected chi connectivity index (χ3v) is 5.02. The maximum atomic E-state index is 3.85. The molecule has 1 aliphatic rings. The summed E-state index contributed by atoms with van der Waals surface area (Å²) >= 11 is 0. The SMILES string of the molecule is Cc1ccc([C@@H](C)NC2CCCC(C(C)C)CC2)cc1. The first-order valence-electron chi connectivity index (χ1n) is 8.39. The maximum Gasteiger partial charge on any atom is 0.0294 e. The van der Waals surface area contributed by atoms with E-state index in [1.54, 1.807) is 0 Å². The van der Waals surface area contributed by atoms with Crippen LogP contribution in [0.25, 0.3) is 0 Å². The normalized spacial score (nSPS) is 25.4. The highest BCUT2D eigenvalue weighted by Crippen LogP contribution is 2.29. The van der Waals surface area contributed by atoms with Gasteiger partial charge in [0, 0.05) is 12.1 Å². The molecule has 20 heavy (non-hydrogen) atoms. The predicted octanol–water partition coefficient (Wildman–Crippen LogP) is 5.25. The Hall–Kier alpha value is -0.820. The summed E-state index contributed by atoms with van der Waals surface area (Å²) in [5, 5.41) is 3.85. The van der Waals surface area contributed by atoms with E-state index in [1.807, 2.05) is 0 Å². The van der Waals surface area contributed by atoms with E-state index in [-0.39, 0.29) is 0 Å². The lowest BCUT2D eigenvalue weighted by Crippen LogP contribution is -2.31. The summed E-state index contributed by atoms with van der Waals surface area (Å²) in [6, 6.07) is 10.1. The van der Waals surface area contributed by atoms with Gasteiger partial charge in [0.1, 0.15) is 0 Å². The third kappa shape index (κ3) is 4.34. The van der Waals surface area contributed by atoms with Crippen LogP contribution in [0.15, 0.2) is 24.3 Å². The second kappa shape index (κ2) is 7.26. The number of hydrogen-bond acceptors (Lipinski definition) is 1. The number of aryl methyl sites for hydroxylation is 1. The molecule has 3 atom stereocenters. The molecule has 2 unspecified atom stereocenters. The molecule has 1 nitrogen and oxygen atoms in total. The minimum absolute atomic E-state index is 0.469. The zero-order valence-corrected chi connectivity index (χ0v) is 13.7. The van der Waals surface area contributed by atoms with Crippen molar-refractivity contribution < 1.29 is 0 Å². The number of rotatable bonds is 4. The first-order chi connectivity index (χ1) is 9.56. The van der Waals surface area contributed by atoms with E-state index in [4.69, 9.17) is 0 Å². The average Bonchev–Trinajstić information content (AvgIpc) is 2.65. The molecule has 0 spiro atoms. The summed E-state index contributed by atoms with van der Waals surface area (Å²) in [5.74, 6) is 1.79. The van der Waals surface area contributed by atoms with Crippen LogP contribution in [-0.4, -0.2) is 6.04 Å². The second-order valence-corrected chi connectivity index (χ2v) is 7.01. The molecule has 1 aromatic rings. The van der Waals surface area contributed by atoms with Crippen LogP contribution in [0, 0.1) is 18.8 Å². The summed E-state index contributed by atoms with van der Waals surface area (Å²) in [4.78, 5) is 0. The van der Waals surface area contributed by atoms with E-state index in [9.17, 15) is 0 Å². The van der Waals surface area contributed by atoms with Crippen molar-refractivity contribution in [2.24, 2.45) is 11.8 Å². The van der Waals surface area contributed by atoms with Crippen LogP contribution in [0.5, 0.6) is 0 Å². The molecular formula is C19H31N. The summed E-state index contributed by atoms with van der Waals surface area (Å²) in [5.41, 5.74) is 2.76. The molecule has 1 saturated carbocycles. The van der Waals surface area contributed by atoms with Gasteiger partial charge in [0.2, 0.25) is 0 Å². The highest BCUT2D eigenvalue weighted by Gasteiger charge is 2.22. The van der Waals surface area contributed by atoms with Gasteiger partial charge in [0.05, 0.1) is 0 Å². The molecule has 0 aliphatic heterocycles. The molecule has 0 saturated heterocycles. The molecule has 1 heteroatoms. The highest BCUT2D eigenvalue weighted by atomic mass is 14.9. The van der Waals surface area contributed by atoms with Crippen molar-refractivity contribution >= 4 is 0 Å². The fourth-order valence-electron chi connectivity index (χ4n) is 3.47. The zero-order chi connectivity index (χ0) is 14.5. The van der Waals surface area contributed by atoms with E-state index >= 15 is 0 Å². The zero-order valence-electron chi connectivity index (χ0n) is 13.7. The minimum atomic E-state index is 0.469. The molecule has 1 aliphatic carbocycles. The van der Waals surface area contributed by atoms with Gasteiger partial charge in [-0.3, -0.25) is 0 Å². The van der Waals surface area contributed by atoms with Crippen molar-refractivity contribution in [1.82, 2.24) is 5.32 Å². The van der Waals surface area contributed by atoms with Crippen molar-refractivity contribution in [3.63, 3.8) is 0 Å². The smallest absolute Gasteiger partial charge is 0.0294 e. The summed E-state index contributed by atoms with van der Waals surface area (Å²) < 4.78 is 0. The first kappa shape index (κ1) is 15.6. The Morgan fingerprint density at radius 1 is 0.950 bits per heavy atom. The Morgan fingerprint density at radius 2 is 1.65 bits per heavy atom. The lowest BCUT2D eigenvalue weighted by Gasteiger charge is -2.23. The number of benzene rings is 1. The number of nitrogens with one attached hydrogen (secondary N) is 1. The Bertz CT molecular complexity index is 393. The Balaban J connectivity index is 1.88. The molecule has 0 heterocycles. The van der Waals surface area contributed by atoms with Crippen molar-refractivity contribution in [3.05, 3.63) is 35.4 Å². The highest BCUT2D eigenvalue weighted by molar-refractivity contribution is 5.23. The van der Waals surface area contributed by atoms with Gasteiger partial charge in [-0.25, -0.2) is 0 Å². The van der Waals surface area contributed by atoms with Crippen molar-refractivity contribution in [1.29, 1.82) is 0 Å². The van der Waals surface area contributed by atoms with E-state index in [0.717, 1.165) is 11.8 Å². The molecule has 0 aromatic heterocycles. The van der Waals surface area contributed by atoms with Crippen molar-refractivity contribution in [3.8, 4) is 0 Å². The van der Waals surface area contributed by atoms with E-state index < -0.39 is 0 Å². The molecule has 112 valence electrons. The monoisotopic (exact) mass is 273 g/mol. The molecular weight excluding hydrogens is 242 g/mol. The lowest BCUT2D eigenvalue weighted by molar-refractivity contribution is 0.335. The maximum absolute atomic E-state index is 3.85. The third-order valence-electron chi connectivity index (χ3n) is 5.02. The Kier molecular flexibility index (Phi) is 5.65. The number of hydrogen-bond donors (Lipinski definition) is 1. The van der Waals surface area contributed by atoms with E-state index in [1.165, 1.54) is 43.2 Å². The first-order valence-corrected chi connectivity index (χ1v) is 8.39. The quantitative estimate of drug-likeness (QED) is 0.739. The van der Waals surface area contributed by atoms with Crippen LogP contribution in [0.4, 0.5) is 0 Å². The van der Waals surface area contributed by atoms with Crippen molar-refractivity contribution in [2.45, 2.75) is 71.9 Å². The van der Waals surface area contributed by atoms with Crippen LogP contribution >= 0.6 is 0 Å². The van der Waals surface area contributed by atoms with Gasteiger partial charge in [0.25, 0.3) is 0 Å². The van der Waals surface area contributed by atoms with Crippen LogP contribution in [0.3, 0.4) is 0 Å². The summed E-state index contributed by atoms with van der Waals surface area (Å²) in [6.07, 6.45) is 6.91. The molecule has 0 radical (unpaired) electrons. The van der Waals surface area contributed by atoms with E-state index in [0.29, 0.717) is 12.1 Å². The molecule has 1 N–H and O–H groups in total. The summed E-state index contributed by atoms with van der Waals surface area (Å²) in [6.45, 7) is 9.22. The molecule has 2 rings (SSSR count). The van der Waals surface area contributed by atoms with Gasteiger partial charge in [-0.2, -0.15) is 0 Å². The van der Waals surface area contributed by atoms with Crippen LogP contribution in [0.1, 0.15) is 70.0 Å². The predicted molar refractivity (Wildman–Crippen MR) is 87.9 cm³/mol. The van der Waals surface area contributed by atoms with Gasteiger partial charge >= 0.3 is 0 Å². The van der Waals surface area contributed by atoms with Gasteiger partial charge in [-0.15, -0.1) is 0 Å². The fraction of sp³-hybridized carbons (Fsp3) is 0.684. The molecule has 1 fully saturated rings. The Morgan fingerprint density at radius 3 is 2.30 bits per heavy atom. The van der Waals surface area contributed by atoms with Gasteiger partial charge in [0.15, 0.2) is 0 Å². The van der Waals surface area contributed by atoms with Gasteiger partial charge < -0.3 is 5.32 Å². The lowest BCUT2D eigenvalue weighted by atomic mass is 9.89. The summed E-state index contributed by atoms with van der Waals surface area (Å²) in [7, 11) is 0. The van der Waals surface area contributed by atoms with Crippen molar-refractivity contribution in [2.75, 3.05) is 0 Å². The van der Waals surface area contributed by atoms with Crippen LogP contribution in [-0.2, 0) is 0 Å². The Labute approximate surface area is 125 Å². The standard InChI is InChI=1S/C19H31N/c1-14(2)17-6-5-7-19(13-12-17)20-16(4)18-10-8-15(3)9-11-18/h8-11,14,16-17,19-20H,5-7,12-13H2,1-4H3/t16-,17?,19?/m1/s1. The van der Waals surface area contributed by atoms with Crippen LogP contribution < -0.4 is 5.32 Å². The molecule has 1 aromatic carbocycles. The van der Waals surface area contributed by atoms with Gasteiger partial charge in [-0.1, -0.05) is 56.5 Å². The van der Waals surface area contributed by atoms with Crippen LogP contribution in [0.2, 0.25) is 0 Å². The molecule has 0 amide bonds. The largest absolute Gasteiger partial charge is 0.307 e. The molecule has 0 bridgehead atoms. The van der Waals surface area contributed by atoms with Gasteiger partial charge in [-0.05, 0) is 50.5 Å². The van der Waals surface area contributed by atoms with E-state index in [2.05, 4.69) is 57.3 Å². The topological polar surface area (TPSA) is 12.0 Å².